The molecule has 20 heavy (non-hydrogen) atoms. The fourth-order valence-corrected chi connectivity index (χ4v) is 3.31. The molecule has 110 valence electrons. The summed E-state index contributed by atoms with van der Waals surface area (Å²) in [5, 5.41) is 3.60. The summed E-state index contributed by atoms with van der Waals surface area (Å²) >= 11 is 0. The Morgan fingerprint density at radius 2 is 1.90 bits per heavy atom. The van der Waals surface area contributed by atoms with Gasteiger partial charge in [-0.05, 0) is 55.7 Å². The maximum atomic E-state index is 3.60. The number of anilines is 1. The molecule has 1 heterocycles. The largest absolute Gasteiger partial charge is 0.371 e. The van der Waals surface area contributed by atoms with E-state index in [1.54, 1.807) is 0 Å². The topological polar surface area (TPSA) is 15.3 Å². The second-order valence-corrected chi connectivity index (χ2v) is 6.61. The normalized spacial score (nSPS) is 20.4. The molecule has 1 aromatic carbocycles. The van der Waals surface area contributed by atoms with Crippen molar-refractivity contribution in [3.63, 3.8) is 0 Å². The molecule has 0 atom stereocenters. The molecule has 2 fully saturated rings. The van der Waals surface area contributed by atoms with Crippen LogP contribution >= 0.6 is 0 Å². The van der Waals surface area contributed by atoms with E-state index in [4.69, 9.17) is 0 Å². The third-order valence-electron chi connectivity index (χ3n) is 4.97. The van der Waals surface area contributed by atoms with Crippen molar-refractivity contribution in [1.29, 1.82) is 0 Å². The Balaban J connectivity index is 1.61. The first-order valence-corrected chi connectivity index (χ1v) is 8.34. The number of hydrogen-bond donors (Lipinski definition) is 1. The molecule has 0 radical (unpaired) electrons. The molecule has 2 nitrogen and oxygen atoms in total. The molecular weight excluding hydrogens is 244 g/mol. The number of nitrogens with one attached hydrogen (secondary N) is 1. The van der Waals surface area contributed by atoms with E-state index >= 15 is 0 Å². The summed E-state index contributed by atoms with van der Waals surface area (Å²) in [4.78, 5) is 2.58. The summed E-state index contributed by atoms with van der Waals surface area (Å²) < 4.78 is 0. The van der Waals surface area contributed by atoms with E-state index < -0.39 is 0 Å². The lowest BCUT2D eigenvalue weighted by Gasteiger charge is -2.34. The maximum absolute atomic E-state index is 3.60. The zero-order chi connectivity index (χ0) is 13.9. The number of aryl methyl sites for hydroxylation is 1. The molecular formula is C18H28N2. The zero-order valence-corrected chi connectivity index (χ0v) is 13.0. The van der Waals surface area contributed by atoms with Crippen LogP contribution < -0.4 is 10.2 Å². The van der Waals surface area contributed by atoms with Gasteiger partial charge in [0.15, 0.2) is 0 Å². The van der Waals surface area contributed by atoms with Crippen molar-refractivity contribution in [1.82, 2.24) is 5.32 Å². The van der Waals surface area contributed by atoms with Gasteiger partial charge in [0, 0.05) is 31.4 Å². The maximum Gasteiger partial charge on any atom is 0.0396 e. The van der Waals surface area contributed by atoms with Gasteiger partial charge in [-0.25, -0.2) is 0 Å². The van der Waals surface area contributed by atoms with Crippen LogP contribution in [0.2, 0.25) is 0 Å². The Labute approximate surface area is 123 Å². The number of hydrogen-bond acceptors (Lipinski definition) is 2. The fourth-order valence-electron chi connectivity index (χ4n) is 3.31. The van der Waals surface area contributed by atoms with Gasteiger partial charge in [-0.2, -0.15) is 0 Å². The van der Waals surface area contributed by atoms with E-state index in [1.807, 2.05) is 0 Å². The average molecular weight is 272 g/mol. The van der Waals surface area contributed by atoms with E-state index in [2.05, 4.69) is 42.3 Å². The highest BCUT2D eigenvalue weighted by molar-refractivity contribution is 5.54. The van der Waals surface area contributed by atoms with Crippen LogP contribution in [0.1, 0.15) is 50.2 Å². The summed E-state index contributed by atoms with van der Waals surface area (Å²) in [7, 11) is 0. The van der Waals surface area contributed by atoms with Crippen molar-refractivity contribution in [2.45, 2.75) is 58.5 Å². The number of benzene rings is 1. The van der Waals surface area contributed by atoms with Crippen molar-refractivity contribution in [3.05, 3.63) is 29.3 Å². The second kappa shape index (κ2) is 6.17. The van der Waals surface area contributed by atoms with Gasteiger partial charge in [0.25, 0.3) is 0 Å². The van der Waals surface area contributed by atoms with Crippen molar-refractivity contribution < 1.29 is 0 Å². The van der Waals surface area contributed by atoms with Gasteiger partial charge in [0.1, 0.15) is 0 Å². The van der Waals surface area contributed by atoms with E-state index in [9.17, 15) is 0 Å². The Morgan fingerprint density at radius 3 is 2.50 bits per heavy atom. The standard InChI is InChI=1S/C18H28N2/c1-3-15-8-10-20(11-9-15)18-7-4-16(12-14(18)2)13-19-17-5-6-17/h4,7,12,15,17,19H,3,5-6,8-11,13H2,1-2H3. The SMILES string of the molecule is CCC1CCN(c2ccc(CNC3CC3)cc2C)CC1. The molecule has 1 saturated carbocycles. The molecule has 0 amide bonds. The second-order valence-electron chi connectivity index (χ2n) is 6.61. The minimum Gasteiger partial charge on any atom is -0.371 e. The fraction of sp³-hybridized carbons (Fsp3) is 0.667. The number of piperidine rings is 1. The quantitative estimate of drug-likeness (QED) is 0.875. The van der Waals surface area contributed by atoms with Crippen molar-refractivity contribution in [3.8, 4) is 0 Å². The first-order valence-electron chi connectivity index (χ1n) is 8.34. The van der Waals surface area contributed by atoms with E-state index in [-0.39, 0.29) is 0 Å². The summed E-state index contributed by atoms with van der Waals surface area (Å²) in [6, 6.07) is 7.81. The smallest absolute Gasteiger partial charge is 0.0396 e. The monoisotopic (exact) mass is 272 g/mol. The van der Waals surface area contributed by atoms with Crippen molar-refractivity contribution in [2.75, 3.05) is 18.0 Å². The zero-order valence-electron chi connectivity index (χ0n) is 13.0. The Morgan fingerprint density at radius 1 is 1.15 bits per heavy atom. The highest BCUT2D eigenvalue weighted by Crippen LogP contribution is 2.28. The molecule has 0 unspecified atom stereocenters. The van der Waals surface area contributed by atoms with Crippen LogP contribution in [0, 0.1) is 12.8 Å². The number of rotatable bonds is 5. The molecule has 1 aromatic rings. The highest BCUT2D eigenvalue weighted by Gasteiger charge is 2.21. The van der Waals surface area contributed by atoms with Crippen LogP contribution in [-0.4, -0.2) is 19.1 Å². The minimum atomic E-state index is 0.794. The summed E-state index contributed by atoms with van der Waals surface area (Å²) in [5.74, 6) is 0.952. The van der Waals surface area contributed by atoms with E-state index in [0.29, 0.717) is 0 Å². The summed E-state index contributed by atoms with van der Waals surface area (Å²) in [6.45, 7) is 8.09. The first-order chi connectivity index (χ1) is 9.76. The number of nitrogens with zero attached hydrogens (tertiary/aromatic N) is 1. The molecule has 1 N–H and O–H groups in total. The lowest BCUT2D eigenvalue weighted by atomic mass is 9.93. The van der Waals surface area contributed by atoms with Crippen LogP contribution in [0.4, 0.5) is 5.69 Å². The van der Waals surface area contributed by atoms with Crippen molar-refractivity contribution in [2.24, 2.45) is 5.92 Å². The third kappa shape index (κ3) is 3.35. The van der Waals surface area contributed by atoms with Crippen LogP contribution in [0.3, 0.4) is 0 Å². The third-order valence-corrected chi connectivity index (χ3v) is 4.97. The highest BCUT2D eigenvalue weighted by atomic mass is 15.1. The van der Waals surface area contributed by atoms with Gasteiger partial charge >= 0.3 is 0 Å². The molecule has 1 saturated heterocycles. The predicted octanol–water partition coefficient (Wildman–Crippen LogP) is 3.87. The van der Waals surface area contributed by atoms with Crippen LogP contribution in [0.15, 0.2) is 18.2 Å². The molecule has 0 aromatic heterocycles. The molecule has 2 aliphatic rings. The van der Waals surface area contributed by atoms with Crippen LogP contribution in [0.25, 0.3) is 0 Å². The van der Waals surface area contributed by atoms with E-state index in [1.165, 1.54) is 62.0 Å². The van der Waals surface area contributed by atoms with Gasteiger partial charge in [-0.3, -0.25) is 0 Å². The molecule has 3 rings (SSSR count). The molecule has 0 spiro atoms. The first kappa shape index (κ1) is 13.9. The molecule has 1 aliphatic carbocycles. The van der Waals surface area contributed by atoms with Crippen LogP contribution in [0.5, 0.6) is 0 Å². The Kier molecular flexibility index (Phi) is 4.30. The molecule has 0 bridgehead atoms. The Hall–Kier alpha value is -1.02. The van der Waals surface area contributed by atoms with Gasteiger partial charge in [0.2, 0.25) is 0 Å². The summed E-state index contributed by atoms with van der Waals surface area (Å²) in [5.41, 5.74) is 4.33. The van der Waals surface area contributed by atoms with Crippen molar-refractivity contribution >= 4 is 5.69 Å². The van der Waals surface area contributed by atoms with Crippen LogP contribution in [-0.2, 0) is 6.54 Å². The lowest BCUT2D eigenvalue weighted by Crippen LogP contribution is -2.33. The van der Waals surface area contributed by atoms with Gasteiger partial charge in [-0.1, -0.05) is 25.5 Å². The molecule has 2 heteroatoms. The minimum absolute atomic E-state index is 0.794. The van der Waals surface area contributed by atoms with E-state index in [0.717, 1.165) is 18.5 Å². The Bertz CT molecular complexity index is 443. The predicted molar refractivity (Wildman–Crippen MR) is 86.3 cm³/mol. The van der Waals surface area contributed by atoms with Gasteiger partial charge < -0.3 is 10.2 Å². The van der Waals surface area contributed by atoms with Gasteiger partial charge in [0.05, 0.1) is 0 Å². The lowest BCUT2D eigenvalue weighted by molar-refractivity contribution is 0.395. The van der Waals surface area contributed by atoms with Gasteiger partial charge in [-0.15, -0.1) is 0 Å². The average Bonchev–Trinajstić information content (AvgIpc) is 3.30. The molecule has 1 aliphatic heterocycles. The summed E-state index contributed by atoms with van der Waals surface area (Å²) in [6.07, 6.45) is 6.80.